The van der Waals surface area contributed by atoms with Crippen LogP contribution < -0.4 is 4.74 Å². The van der Waals surface area contributed by atoms with E-state index < -0.39 is 0 Å². The van der Waals surface area contributed by atoms with Crippen molar-refractivity contribution >= 4 is 17.7 Å². The Balaban J connectivity index is 1.68. The molecule has 0 radical (unpaired) electrons. The largest absolute Gasteiger partial charge is 0.494 e. The second-order valence-electron chi connectivity index (χ2n) is 6.73. The molecule has 5 heteroatoms. The summed E-state index contributed by atoms with van der Waals surface area (Å²) in [6, 6.07) is 20.0. The van der Waals surface area contributed by atoms with E-state index in [9.17, 15) is 4.79 Å². The maximum absolute atomic E-state index is 13.1. The molecule has 0 unspecified atom stereocenters. The SMILES string of the molecule is CCOc1ccc(SCC(=O)N(Cc2cccnc2)Cc2ccccc2C)cc1. The lowest BCUT2D eigenvalue weighted by atomic mass is 10.1. The lowest BCUT2D eigenvalue weighted by Crippen LogP contribution is -2.31. The number of hydrogen-bond donors (Lipinski definition) is 0. The van der Waals surface area contributed by atoms with Gasteiger partial charge in [0.15, 0.2) is 0 Å². The molecule has 2 aromatic carbocycles. The lowest BCUT2D eigenvalue weighted by Gasteiger charge is -2.24. The minimum Gasteiger partial charge on any atom is -0.494 e. The maximum Gasteiger partial charge on any atom is 0.233 e. The lowest BCUT2D eigenvalue weighted by molar-refractivity contribution is -0.129. The van der Waals surface area contributed by atoms with Gasteiger partial charge in [0.2, 0.25) is 5.91 Å². The van der Waals surface area contributed by atoms with Crippen molar-refractivity contribution in [2.75, 3.05) is 12.4 Å². The van der Waals surface area contributed by atoms with E-state index in [0.29, 0.717) is 25.4 Å². The summed E-state index contributed by atoms with van der Waals surface area (Å²) in [6.07, 6.45) is 3.57. The van der Waals surface area contributed by atoms with E-state index in [1.807, 2.05) is 66.6 Å². The second-order valence-corrected chi connectivity index (χ2v) is 7.78. The molecule has 0 spiro atoms. The second kappa shape index (κ2) is 10.7. The zero-order chi connectivity index (χ0) is 20.5. The Labute approximate surface area is 176 Å². The maximum atomic E-state index is 13.1. The standard InChI is InChI=1S/C24H26N2O2S/c1-3-28-22-10-12-23(13-11-22)29-18-24(27)26(16-20-8-6-14-25-15-20)17-21-9-5-4-7-19(21)2/h4-15H,3,16-18H2,1-2H3. The molecule has 0 N–H and O–H groups in total. The highest BCUT2D eigenvalue weighted by molar-refractivity contribution is 8.00. The van der Waals surface area contributed by atoms with Gasteiger partial charge in [0.25, 0.3) is 0 Å². The third-order valence-electron chi connectivity index (χ3n) is 4.57. The van der Waals surface area contributed by atoms with Gasteiger partial charge in [-0.2, -0.15) is 0 Å². The molecule has 29 heavy (non-hydrogen) atoms. The first-order valence-electron chi connectivity index (χ1n) is 9.72. The van der Waals surface area contributed by atoms with Gasteiger partial charge in [-0.15, -0.1) is 11.8 Å². The summed E-state index contributed by atoms with van der Waals surface area (Å²) in [5, 5.41) is 0. The molecule has 1 heterocycles. The zero-order valence-electron chi connectivity index (χ0n) is 16.9. The summed E-state index contributed by atoms with van der Waals surface area (Å²) in [6.45, 7) is 5.83. The molecular weight excluding hydrogens is 380 g/mol. The molecule has 1 amide bonds. The molecule has 0 saturated heterocycles. The molecule has 4 nitrogen and oxygen atoms in total. The molecule has 150 valence electrons. The van der Waals surface area contributed by atoms with E-state index in [4.69, 9.17) is 4.74 Å². The normalized spacial score (nSPS) is 10.6. The van der Waals surface area contributed by atoms with E-state index in [1.165, 1.54) is 5.56 Å². The number of pyridine rings is 1. The van der Waals surface area contributed by atoms with E-state index in [2.05, 4.69) is 24.0 Å². The molecule has 0 atom stereocenters. The third-order valence-corrected chi connectivity index (χ3v) is 5.57. The smallest absolute Gasteiger partial charge is 0.233 e. The van der Waals surface area contributed by atoms with Crippen LogP contribution in [0.1, 0.15) is 23.6 Å². The van der Waals surface area contributed by atoms with Crippen LogP contribution in [0.2, 0.25) is 0 Å². The predicted molar refractivity (Wildman–Crippen MR) is 118 cm³/mol. The number of carbonyl (C=O) groups is 1. The van der Waals surface area contributed by atoms with Gasteiger partial charge in [-0.1, -0.05) is 30.3 Å². The quantitative estimate of drug-likeness (QED) is 0.463. The fourth-order valence-electron chi connectivity index (χ4n) is 2.97. The van der Waals surface area contributed by atoms with Gasteiger partial charge in [0.05, 0.1) is 12.4 Å². The van der Waals surface area contributed by atoms with Crippen LogP contribution in [0.3, 0.4) is 0 Å². The fourth-order valence-corrected chi connectivity index (χ4v) is 3.77. The van der Waals surface area contributed by atoms with Crippen LogP contribution >= 0.6 is 11.8 Å². The first-order chi connectivity index (χ1) is 14.2. The van der Waals surface area contributed by atoms with E-state index in [0.717, 1.165) is 21.8 Å². The summed E-state index contributed by atoms with van der Waals surface area (Å²) >= 11 is 1.55. The number of aromatic nitrogens is 1. The Kier molecular flexibility index (Phi) is 7.70. The monoisotopic (exact) mass is 406 g/mol. The van der Waals surface area contributed by atoms with Crippen molar-refractivity contribution < 1.29 is 9.53 Å². The Morgan fingerprint density at radius 3 is 2.52 bits per heavy atom. The molecule has 0 bridgehead atoms. The highest BCUT2D eigenvalue weighted by atomic mass is 32.2. The number of nitrogens with zero attached hydrogens (tertiary/aromatic N) is 2. The number of amides is 1. The van der Waals surface area contributed by atoms with Crippen LogP contribution in [0.5, 0.6) is 5.75 Å². The van der Waals surface area contributed by atoms with Crippen molar-refractivity contribution in [1.82, 2.24) is 9.88 Å². The van der Waals surface area contributed by atoms with Crippen LogP contribution in [0, 0.1) is 6.92 Å². The molecule has 0 aliphatic heterocycles. The van der Waals surface area contributed by atoms with E-state index in [-0.39, 0.29) is 5.91 Å². The highest BCUT2D eigenvalue weighted by Gasteiger charge is 2.16. The van der Waals surface area contributed by atoms with Gasteiger partial charge in [0, 0.05) is 30.4 Å². The van der Waals surface area contributed by atoms with Gasteiger partial charge in [-0.3, -0.25) is 9.78 Å². The molecule has 3 aromatic rings. The fraction of sp³-hybridized carbons (Fsp3) is 0.250. The molecule has 0 aliphatic carbocycles. The molecular formula is C24H26N2O2S. The van der Waals surface area contributed by atoms with Crippen LogP contribution in [-0.2, 0) is 17.9 Å². The Morgan fingerprint density at radius 2 is 1.83 bits per heavy atom. The minimum atomic E-state index is 0.107. The first-order valence-corrected chi connectivity index (χ1v) is 10.7. The highest BCUT2D eigenvalue weighted by Crippen LogP contribution is 2.23. The van der Waals surface area contributed by atoms with E-state index in [1.54, 1.807) is 18.0 Å². The van der Waals surface area contributed by atoms with Crippen molar-refractivity contribution in [1.29, 1.82) is 0 Å². The number of hydrogen-bond acceptors (Lipinski definition) is 4. The average molecular weight is 407 g/mol. The van der Waals surface area contributed by atoms with Gasteiger partial charge < -0.3 is 9.64 Å². The predicted octanol–water partition coefficient (Wildman–Crippen LogP) is 5.11. The van der Waals surface area contributed by atoms with Gasteiger partial charge >= 0.3 is 0 Å². The summed E-state index contributed by atoms with van der Waals surface area (Å²) < 4.78 is 5.48. The summed E-state index contributed by atoms with van der Waals surface area (Å²) in [4.78, 5) is 20.2. The van der Waals surface area contributed by atoms with E-state index >= 15 is 0 Å². The minimum absolute atomic E-state index is 0.107. The molecule has 0 aliphatic rings. The number of thioether (sulfide) groups is 1. The number of benzene rings is 2. The van der Waals surface area contributed by atoms with Crippen molar-refractivity contribution in [2.24, 2.45) is 0 Å². The van der Waals surface area contributed by atoms with Crippen LogP contribution in [-0.4, -0.2) is 28.2 Å². The third kappa shape index (κ3) is 6.36. The van der Waals surface area contributed by atoms with Crippen molar-refractivity contribution in [3.05, 3.63) is 89.7 Å². The number of rotatable bonds is 9. The zero-order valence-corrected chi connectivity index (χ0v) is 17.7. The van der Waals surface area contributed by atoms with Crippen LogP contribution in [0.15, 0.2) is 78.0 Å². The van der Waals surface area contributed by atoms with Crippen molar-refractivity contribution in [3.8, 4) is 5.75 Å². The molecule has 3 rings (SSSR count). The molecule has 0 fully saturated rings. The summed E-state index contributed by atoms with van der Waals surface area (Å²) in [5.41, 5.74) is 3.38. The summed E-state index contributed by atoms with van der Waals surface area (Å²) in [7, 11) is 0. The topological polar surface area (TPSA) is 42.4 Å². The first kappa shape index (κ1) is 20.9. The average Bonchev–Trinajstić information content (AvgIpc) is 2.75. The number of carbonyl (C=O) groups excluding carboxylic acids is 1. The molecule has 1 aromatic heterocycles. The Bertz CT molecular complexity index is 914. The molecule has 0 saturated carbocycles. The Hall–Kier alpha value is -2.79. The van der Waals surface area contributed by atoms with Crippen molar-refractivity contribution in [2.45, 2.75) is 31.8 Å². The summed E-state index contributed by atoms with van der Waals surface area (Å²) in [5.74, 6) is 1.34. The Morgan fingerprint density at radius 1 is 1.03 bits per heavy atom. The van der Waals surface area contributed by atoms with Gasteiger partial charge in [-0.05, 0) is 60.9 Å². The van der Waals surface area contributed by atoms with Crippen LogP contribution in [0.25, 0.3) is 0 Å². The van der Waals surface area contributed by atoms with Gasteiger partial charge in [0.1, 0.15) is 5.75 Å². The number of ether oxygens (including phenoxy) is 1. The number of aryl methyl sites for hydroxylation is 1. The van der Waals surface area contributed by atoms with Crippen LogP contribution in [0.4, 0.5) is 0 Å². The van der Waals surface area contributed by atoms with Crippen molar-refractivity contribution in [3.63, 3.8) is 0 Å². The van der Waals surface area contributed by atoms with Gasteiger partial charge in [-0.25, -0.2) is 0 Å².